The van der Waals surface area contributed by atoms with Crippen LogP contribution in [0.3, 0.4) is 0 Å². The van der Waals surface area contributed by atoms with E-state index in [2.05, 4.69) is 10.2 Å². The second kappa shape index (κ2) is 5.45. The van der Waals surface area contributed by atoms with Gasteiger partial charge in [0.1, 0.15) is 5.75 Å². The second-order valence-corrected chi connectivity index (χ2v) is 4.63. The molecule has 0 unspecified atom stereocenters. The van der Waals surface area contributed by atoms with Crippen molar-refractivity contribution >= 4 is 17.3 Å². The molecule has 0 bridgehead atoms. The van der Waals surface area contributed by atoms with Gasteiger partial charge in [0.2, 0.25) is 5.01 Å². The van der Waals surface area contributed by atoms with E-state index in [4.69, 9.17) is 9.84 Å². The number of benzene rings is 1. The van der Waals surface area contributed by atoms with Crippen LogP contribution in [0.2, 0.25) is 0 Å². The first-order valence-corrected chi connectivity index (χ1v) is 6.05. The van der Waals surface area contributed by atoms with Crippen LogP contribution in [0.25, 0.3) is 0 Å². The molecule has 1 heterocycles. The van der Waals surface area contributed by atoms with Gasteiger partial charge in [0.15, 0.2) is 0 Å². The molecule has 1 N–H and O–H groups in total. The Morgan fingerprint density at radius 3 is 2.70 bits per heavy atom. The Kier molecular flexibility index (Phi) is 3.89. The van der Waals surface area contributed by atoms with Crippen LogP contribution in [0.5, 0.6) is 10.9 Å². The highest BCUT2D eigenvalue weighted by molar-refractivity contribution is 7.13. The van der Waals surface area contributed by atoms with E-state index in [0.717, 1.165) is 0 Å². The average Bonchev–Trinajstić information content (AvgIpc) is 2.76. The highest BCUT2D eigenvalue weighted by Gasteiger charge is 2.36. The van der Waals surface area contributed by atoms with Crippen molar-refractivity contribution in [3.05, 3.63) is 34.8 Å². The topological polar surface area (TPSA) is 72.3 Å². The van der Waals surface area contributed by atoms with E-state index in [1.807, 2.05) is 0 Å². The SMILES string of the molecule is O=C(O)Cc1cccc(Oc2nnc(C(F)(F)F)s2)c1. The molecule has 1 aromatic heterocycles. The molecule has 0 saturated carbocycles. The van der Waals surface area contributed by atoms with E-state index in [1.165, 1.54) is 12.1 Å². The molecular formula is C11H7F3N2O3S. The third-order valence-electron chi connectivity index (χ3n) is 2.11. The summed E-state index contributed by atoms with van der Waals surface area (Å²) in [5.41, 5.74) is 0.468. The maximum Gasteiger partial charge on any atom is 0.445 e. The van der Waals surface area contributed by atoms with Gasteiger partial charge in [-0.3, -0.25) is 4.79 Å². The van der Waals surface area contributed by atoms with E-state index in [1.54, 1.807) is 12.1 Å². The fraction of sp³-hybridized carbons (Fsp3) is 0.182. The van der Waals surface area contributed by atoms with Gasteiger partial charge in [-0.2, -0.15) is 13.2 Å². The molecule has 5 nitrogen and oxygen atoms in total. The van der Waals surface area contributed by atoms with E-state index >= 15 is 0 Å². The summed E-state index contributed by atoms with van der Waals surface area (Å²) in [4.78, 5) is 10.6. The number of ether oxygens (including phenoxy) is 1. The number of nitrogens with zero attached hydrogens (tertiary/aromatic N) is 2. The predicted molar refractivity (Wildman–Crippen MR) is 62.8 cm³/mol. The minimum absolute atomic E-state index is 0.202. The molecule has 0 aliphatic heterocycles. The molecule has 0 aliphatic rings. The minimum Gasteiger partial charge on any atom is -0.481 e. The summed E-state index contributed by atoms with van der Waals surface area (Å²) in [6.45, 7) is 0. The van der Waals surface area contributed by atoms with Crippen LogP contribution in [-0.4, -0.2) is 21.3 Å². The van der Waals surface area contributed by atoms with Gasteiger partial charge in [0.25, 0.3) is 5.19 Å². The van der Waals surface area contributed by atoms with Crippen molar-refractivity contribution in [2.24, 2.45) is 0 Å². The lowest BCUT2D eigenvalue weighted by molar-refractivity contribution is -0.138. The van der Waals surface area contributed by atoms with Crippen LogP contribution >= 0.6 is 11.3 Å². The Morgan fingerprint density at radius 1 is 1.35 bits per heavy atom. The van der Waals surface area contributed by atoms with E-state index in [9.17, 15) is 18.0 Å². The maximum atomic E-state index is 12.3. The number of carboxylic acid groups (broad SMARTS) is 1. The first-order chi connectivity index (χ1) is 9.34. The Hall–Kier alpha value is -2.16. The van der Waals surface area contributed by atoms with Crippen LogP contribution in [0.1, 0.15) is 10.6 Å². The number of aromatic nitrogens is 2. The molecule has 0 aliphatic carbocycles. The summed E-state index contributed by atoms with van der Waals surface area (Å²) in [6.07, 6.45) is -4.77. The Morgan fingerprint density at radius 2 is 2.10 bits per heavy atom. The van der Waals surface area contributed by atoms with Crippen molar-refractivity contribution in [1.82, 2.24) is 10.2 Å². The minimum atomic E-state index is -4.57. The highest BCUT2D eigenvalue weighted by Crippen LogP contribution is 2.35. The molecule has 0 fully saturated rings. The molecule has 0 atom stereocenters. The Bertz CT molecular complexity index is 627. The van der Waals surface area contributed by atoms with Gasteiger partial charge in [-0.15, -0.1) is 5.10 Å². The monoisotopic (exact) mass is 304 g/mol. The molecule has 0 amide bonds. The number of halogens is 3. The van der Waals surface area contributed by atoms with Crippen molar-refractivity contribution in [1.29, 1.82) is 0 Å². The third kappa shape index (κ3) is 3.67. The zero-order chi connectivity index (χ0) is 14.8. The summed E-state index contributed by atoms with van der Waals surface area (Å²) >= 11 is 0.269. The lowest BCUT2D eigenvalue weighted by Gasteiger charge is -2.03. The number of hydrogen-bond acceptors (Lipinski definition) is 5. The molecule has 9 heteroatoms. The third-order valence-corrected chi connectivity index (χ3v) is 2.95. The van der Waals surface area contributed by atoms with Crippen molar-refractivity contribution in [2.75, 3.05) is 0 Å². The van der Waals surface area contributed by atoms with Gasteiger partial charge in [0.05, 0.1) is 6.42 Å². The first kappa shape index (κ1) is 14.3. The van der Waals surface area contributed by atoms with Crippen LogP contribution in [0, 0.1) is 0 Å². The summed E-state index contributed by atoms with van der Waals surface area (Å²) in [7, 11) is 0. The molecule has 2 rings (SSSR count). The summed E-state index contributed by atoms with van der Waals surface area (Å²) < 4.78 is 42.1. The van der Waals surface area contributed by atoms with Crippen LogP contribution < -0.4 is 4.74 Å². The molecule has 20 heavy (non-hydrogen) atoms. The Balaban J connectivity index is 2.14. The van der Waals surface area contributed by atoms with Gasteiger partial charge in [0, 0.05) is 0 Å². The quantitative estimate of drug-likeness (QED) is 0.940. The number of rotatable bonds is 4. The zero-order valence-electron chi connectivity index (χ0n) is 9.72. The van der Waals surface area contributed by atoms with Gasteiger partial charge >= 0.3 is 12.1 Å². The number of carbonyl (C=O) groups is 1. The second-order valence-electron chi connectivity index (χ2n) is 3.69. The van der Waals surface area contributed by atoms with Crippen LogP contribution in [-0.2, 0) is 17.4 Å². The molecule has 1 aromatic carbocycles. The molecule has 0 radical (unpaired) electrons. The molecule has 0 spiro atoms. The zero-order valence-corrected chi connectivity index (χ0v) is 10.5. The summed E-state index contributed by atoms with van der Waals surface area (Å²) in [5, 5.41) is 13.5. The molecular weight excluding hydrogens is 297 g/mol. The lowest BCUT2D eigenvalue weighted by atomic mass is 10.1. The first-order valence-electron chi connectivity index (χ1n) is 5.24. The number of hydrogen-bond donors (Lipinski definition) is 1. The van der Waals surface area contributed by atoms with Gasteiger partial charge in [-0.05, 0) is 17.7 Å². The predicted octanol–water partition coefficient (Wildman–Crippen LogP) is 2.98. The van der Waals surface area contributed by atoms with Crippen molar-refractivity contribution in [2.45, 2.75) is 12.6 Å². The highest BCUT2D eigenvalue weighted by atomic mass is 32.1. The van der Waals surface area contributed by atoms with Crippen molar-refractivity contribution < 1.29 is 27.8 Å². The molecule has 0 saturated heterocycles. The van der Waals surface area contributed by atoms with E-state index in [0.29, 0.717) is 5.56 Å². The standard InChI is InChI=1S/C11H7F3N2O3S/c12-11(13,14)9-15-16-10(20-9)19-7-3-1-2-6(4-7)5-8(17)18/h1-4H,5H2,(H,17,18). The lowest BCUT2D eigenvalue weighted by Crippen LogP contribution is -2.03. The van der Waals surface area contributed by atoms with Gasteiger partial charge in [-0.25, -0.2) is 0 Å². The molecule has 2 aromatic rings. The van der Waals surface area contributed by atoms with E-state index in [-0.39, 0.29) is 28.7 Å². The van der Waals surface area contributed by atoms with Crippen molar-refractivity contribution in [3.63, 3.8) is 0 Å². The molecule has 106 valence electrons. The Labute approximate surface area is 114 Å². The van der Waals surface area contributed by atoms with Gasteiger partial charge < -0.3 is 9.84 Å². The largest absolute Gasteiger partial charge is 0.481 e. The fourth-order valence-electron chi connectivity index (χ4n) is 1.36. The van der Waals surface area contributed by atoms with E-state index < -0.39 is 17.2 Å². The van der Waals surface area contributed by atoms with Crippen molar-refractivity contribution in [3.8, 4) is 10.9 Å². The summed E-state index contributed by atoms with van der Waals surface area (Å²) in [6, 6.07) is 6.02. The number of aliphatic carboxylic acids is 1. The average molecular weight is 304 g/mol. The maximum absolute atomic E-state index is 12.3. The number of alkyl halides is 3. The smallest absolute Gasteiger partial charge is 0.445 e. The van der Waals surface area contributed by atoms with Crippen LogP contribution in [0.15, 0.2) is 24.3 Å². The summed E-state index contributed by atoms with van der Waals surface area (Å²) in [5.74, 6) is -0.814. The van der Waals surface area contributed by atoms with Gasteiger partial charge in [-0.1, -0.05) is 28.6 Å². The van der Waals surface area contributed by atoms with Crippen LogP contribution in [0.4, 0.5) is 13.2 Å². The fourth-order valence-corrected chi connectivity index (χ4v) is 1.94. The number of carboxylic acids is 1. The normalized spacial score (nSPS) is 11.3.